The van der Waals surface area contributed by atoms with Gasteiger partial charge in [-0.2, -0.15) is 0 Å². The van der Waals surface area contributed by atoms with Gasteiger partial charge in [0.1, 0.15) is 11.2 Å². The molecule has 3 heteroatoms. The molecule has 0 amide bonds. The van der Waals surface area contributed by atoms with Crippen LogP contribution in [0.4, 0.5) is 34.1 Å². The van der Waals surface area contributed by atoms with Crippen molar-refractivity contribution in [2.45, 2.75) is 0 Å². The molecule has 0 saturated heterocycles. The molecule has 0 atom stereocenters. The van der Waals surface area contributed by atoms with E-state index in [9.17, 15) is 0 Å². The maximum atomic E-state index is 6.92. The minimum Gasteiger partial charge on any atom is -0.455 e. The molecule has 1 aromatic heterocycles. The third-order valence-corrected chi connectivity index (χ3v) is 10.4. The molecule has 55 heavy (non-hydrogen) atoms. The summed E-state index contributed by atoms with van der Waals surface area (Å²) < 4.78 is 6.92. The predicted molar refractivity (Wildman–Crippen MR) is 231 cm³/mol. The zero-order chi connectivity index (χ0) is 36.6. The SMILES string of the molecule is c1ccc(-c2cccc(N(c3ccccc3)c3ccc4oc5c6ccccc6ccc5c4c3N(c3ccccc3)c3ccccc3-c3ccccc3)c2)cc1. The molecule has 9 aromatic carbocycles. The summed E-state index contributed by atoms with van der Waals surface area (Å²) in [5, 5.41) is 4.35. The molecule has 0 N–H and O–H groups in total. The molecule has 0 fully saturated rings. The lowest BCUT2D eigenvalue weighted by atomic mass is 9.99. The molecule has 0 bridgehead atoms. The Bertz CT molecular complexity index is 2920. The maximum Gasteiger partial charge on any atom is 0.143 e. The molecule has 0 aliphatic rings. The Kier molecular flexibility index (Phi) is 8.16. The maximum absolute atomic E-state index is 6.92. The molecule has 0 aliphatic carbocycles. The van der Waals surface area contributed by atoms with Crippen LogP contribution in [0.5, 0.6) is 0 Å². The van der Waals surface area contributed by atoms with Gasteiger partial charge in [-0.05, 0) is 82.7 Å². The van der Waals surface area contributed by atoms with E-state index in [-0.39, 0.29) is 0 Å². The third-order valence-electron chi connectivity index (χ3n) is 10.4. The molecular weight excluding hydrogens is 669 g/mol. The summed E-state index contributed by atoms with van der Waals surface area (Å²) in [6.07, 6.45) is 0. The van der Waals surface area contributed by atoms with Gasteiger partial charge in [-0.25, -0.2) is 0 Å². The van der Waals surface area contributed by atoms with Crippen molar-refractivity contribution < 1.29 is 4.42 Å². The van der Waals surface area contributed by atoms with Crippen LogP contribution < -0.4 is 9.80 Å². The van der Waals surface area contributed by atoms with Crippen LogP contribution in [0.25, 0.3) is 55.0 Å². The van der Waals surface area contributed by atoms with Gasteiger partial charge in [-0.3, -0.25) is 0 Å². The van der Waals surface area contributed by atoms with Gasteiger partial charge in [0.2, 0.25) is 0 Å². The number of benzene rings is 9. The molecule has 0 unspecified atom stereocenters. The number of fused-ring (bicyclic) bond motifs is 5. The quantitative estimate of drug-likeness (QED) is 0.157. The van der Waals surface area contributed by atoms with E-state index in [1.54, 1.807) is 0 Å². The number of hydrogen-bond donors (Lipinski definition) is 0. The number of rotatable bonds is 8. The number of hydrogen-bond acceptors (Lipinski definition) is 3. The second-order valence-corrected chi connectivity index (χ2v) is 13.7. The molecule has 0 aliphatic heterocycles. The molecular formula is C52H36N2O. The molecule has 1 heterocycles. The van der Waals surface area contributed by atoms with E-state index in [2.05, 4.69) is 228 Å². The summed E-state index contributed by atoms with van der Waals surface area (Å²) in [5.74, 6) is 0. The first-order valence-corrected chi connectivity index (χ1v) is 18.7. The Labute approximate surface area is 320 Å². The molecule has 10 aromatic rings. The molecule has 0 radical (unpaired) electrons. The van der Waals surface area contributed by atoms with Crippen molar-refractivity contribution in [2.24, 2.45) is 0 Å². The highest BCUT2D eigenvalue weighted by atomic mass is 16.3. The van der Waals surface area contributed by atoms with Crippen LogP contribution in [0.15, 0.2) is 223 Å². The van der Waals surface area contributed by atoms with Gasteiger partial charge in [0, 0.05) is 33.4 Å². The van der Waals surface area contributed by atoms with Gasteiger partial charge in [0.15, 0.2) is 0 Å². The third kappa shape index (κ3) is 5.80. The fourth-order valence-electron chi connectivity index (χ4n) is 7.93. The van der Waals surface area contributed by atoms with Crippen molar-refractivity contribution >= 4 is 66.8 Å². The Morgan fingerprint density at radius 2 is 0.927 bits per heavy atom. The molecule has 3 nitrogen and oxygen atoms in total. The molecule has 0 spiro atoms. The Balaban J connectivity index is 1.35. The zero-order valence-corrected chi connectivity index (χ0v) is 30.1. The van der Waals surface area contributed by atoms with Crippen LogP contribution in [-0.4, -0.2) is 0 Å². The summed E-state index contributed by atoms with van der Waals surface area (Å²) in [6.45, 7) is 0. The zero-order valence-electron chi connectivity index (χ0n) is 30.1. The summed E-state index contributed by atoms with van der Waals surface area (Å²) in [4.78, 5) is 4.82. The van der Waals surface area contributed by atoms with E-state index < -0.39 is 0 Å². The van der Waals surface area contributed by atoms with Crippen LogP contribution in [-0.2, 0) is 0 Å². The van der Waals surface area contributed by atoms with Crippen molar-refractivity contribution in [2.75, 3.05) is 9.80 Å². The highest BCUT2D eigenvalue weighted by molar-refractivity contribution is 6.22. The molecule has 0 saturated carbocycles. The summed E-state index contributed by atoms with van der Waals surface area (Å²) in [7, 11) is 0. The van der Waals surface area contributed by atoms with Crippen LogP contribution in [0.3, 0.4) is 0 Å². The smallest absolute Gasteiger partial charge is 0.143 e. The van der Waals surface area contributed by atoms with Crippen molar-refractivity contribution in [1.82, 2.24) is 0 Å². The van der Waals surface area contributed by atoms with Gasteiger partial charge in [-0.15, -0.1) is 0 Å². The number of nitrogens with zero attached hydrogens (tertiary/aromatic N) is 2. The summed E-state index contributed by atoms with van der Waals surface area (Å²) >= 11 is 0. The van der Waals surface area contributed by atoms with E-state index in [0.717, 1.165) is 83.5 Å². The summed E-state index contributed by atoms with van der Waals surface area (Å²) in [5.41, 5.74) is 12.6. The average molecular weight is 705 g/mol. The van der Waals surface area contributed by atoms with E-state index in [1.165, 1.54) is 5.56 Å². The van der Waals surface area contributed by atoms with E-state index in [0.29, 0.717) is 0 Å². The first kappa shape index (κ1) is 32.3. The highest BCUT2D eigenvalue weighted by Gasteiger charge is 2.29. The van der Waals surface area contributed by atoms with Gasteiger partial charge in [0.25, 0.3) is 0 Å². The normalized spacial score (nSPS) is 11.3. The summed E-state index contributed by atoms with van der Waals surface area (Å²) in [6, 6.07) is 77.5. The van der Waals surface area contributed by atoms with Gasteiger partial charge in [0.05, 0.1) is 22.4 Å². The fraction of sp³-hybridized carbons (Fsp3) is 0. The van der Waals surface area contributed by atoms with Crippen LogP contribution in [0.1, 0.15) is 0 Å². The van der Waals surface area contributed by atoms with E-state index in [4.69, 9.17) is 4.42 Å². The van der Waals surface area contributed by atoms with Crippen LogP contribution in [0.2, 0.25) is 0 Å². The first-order valence-electron chi connectivity index (χ1n) is 18.7. The monoisotopic (exact) mass is 704 g/mol. The fourth-order valence-corrected chi connectivity index (χ4v) is 7.93. The van der Waals surface area contributed by atoms with Crippen LogP contribution in [0, 0.1) is 0 Å². The lowest BCUT2D eigenvalue weighted by molar-refractivity contribution is 0.672. The number of furan rings is 1. The largest absolute Gasteiger partial charge is 0.455 e. The standard InChI is InChI=1S/C52H36N2O/c1-5-18-37(19-6-1)40-23-17-28-43(36-40)53(41-24-9-3-10-25-41)48-34-35-49-50(46-33-32-39-22-13-14-30-45(39)52(46)55-49)51(48)54(42-26-11-4-12-27-42)47-31-16-15-29-44(47)38-20-7-2-8-21-38/h1-36H. The Morgan fingerprint density at radius 3 is 1.67 bits per heavy atom. The average Bonchev–Trinajstić information content (AvgIpc) is 3.66. The second-order valence-electron chi connectivity index (χ2n) is 13.7. The number of anilines is 6. The van der Waals surface area contributed by atoms with Gasteiger partial charge < -0.3 is 14.2 Å². The topological polar surface area (TPSA) is 19.6 Å². The first-order chi connectivity index (χ1) is 27.3. The van der Waals surface area contributed by atoms with E-state index >= 15 is 0 Å². The lowest BCUT2D eigenvalue weighted by Crippen LogP contribution is -2.18. The van der Waals surface area contributed by atoms with Crippen molar-refractivity contribution in [1.29, 1.82) is 0 Å². The predicted octanol–water partition coefficient (Wildman–Crippen LogP) is 15.0. The molecule has 260 valence electrons. The van der Waals surface area contributed by atoms with Crippen molar-refractivity contribution in [3.05, 3.63) is 218 Å². The highest BCUT2D eigenvalue weighted by Crippen LogP contribution is 2.53. The van der Waals surface area contributed by atoms with E-state index in [1.807, 2.05) is 0 Å². The minimum atomic E-state index is 0.828. The minimum absolute atomic E-state index is 0.828. The second kappa shape index (κ2) is 13.9. The molecule has 10 rings (SSSR count). The van der Waals surface area contributed by atoms with Gasteiger partial charge >= 0.3 is 0 Å². The van der Waals surface area contributed by atoms with Crippen molar-refractivity contribution in [3.63, 3.8) is 0 Å². The number of para-hydroxylation sites is 3. The van der Waals surface area contributed by atoms with Crippen molar-refractivity contribution in [3.8, 4) is 22.3 Å². The Hall–Kier alpha value is -7.36. The van der Waals surface area contributed by atoms with Gasteiger partial charge in [-0.1, -0.05) is 158 Å². The van der Waals surface area contributed by atoms with Crippen LogP contribution >= 0.6 is 0 Å². The Morgan fingerprint density at radius 1 is 0.345 bits per heavy atom. The lowest BCUT2D eigenvalue weighted by Gasteiger charge is -2.34.